The highest BCUT2D eigenvalue weighted by molar-refractivity contribution is 8.03. The Balaban J connectivity index is 4.67. The molecule has 0 saturated heterocycles. The Labute approximate surface area is 117 Å². The Kier molecular flexibility index (Phi) is 7.50. The first kappa shape index (κ1) is 18.6. The minimum atomic E-state index is -4.88. The van der Waals surface area contributed by atoms with Gasteiger partial charge in [-0.2, -0.15) is 16.8 Å². The molecule has 0 aliphatic heterocycles. The van der Waals surface area contributed by atoms with Crippen LogP contribution < -0.4 is 0 Å². The van der Waals surface area contributed by atoms with E-state index >= 15 is 0 Å². The van der Waals surface area contributed by atoms with E-state index in [2.05, 4.69) is 21.8 Å². The number of allylic oxidation sites excluding steroid dienone is 2. The SMILES string of the molecule is C=CCCC(=O)S(=O)(=O)OOS(=O)(=O)C(=O)CCC=C. The molecule has 0 aliphatic carbocycles. The third-order valence-corrected chi connectivity index (χ3v) is 3.97. The van der Waals surface area contributed by atoms with Crippen LogP contribution in [0.3, 0.4) is 0 Å². The van der Waals surface area contributed by atoms with Crippen LogP contribution in [0.4, 0.5) is 0 Å². The van der Waals surface area contributed by atoms with E-state index in [1.54, 1.807) is 0 Å². The van der Waals surface area contributed by atoms with Gasteiger partial charge in [0.2, 0.25) is 0 Å². The summed E-state index contributed by atoms with van der Waals surface area (Å²) in [5.41, 5.74) is 0. The Morgan fingerprint density at radius 3 is 1.35 bits per heavy atom. The smallest absolute Gasteiger partial charge is 0.279 e. The van der Waals surface area contributed by atoms with Crippen LogP contribution in [0.25, 0.3) is 0 Å². The van der Waals surface area contributed by atoms with Crippen molar-refractivity contribution in [3.8, 4) is 0 Å². The summed E-state index contributed by atoms with van der Waals surface area (Å²) in [4.78, 5) is 22.3. The standard InChI is InChI=1S/C10H14O8S2/c1-3-5-7-9(11)19(13,14)17-18-20(15,16)10(12)8-6-4-2/h3-4H,1-2,5-8H2. The highest BCUT2D eigenvalue weighted by Gasteiger charge is 2.30. The maximum atomic E-state index is 11.2. The van der Waals surface area contributed by atoms with Crippen molar-refractivity contribution in [2.75, 3.05) is 0 Å². The molecule has 0 radical (unpaired) electrons. The van der Waals surface area contributed by atoms with E-state index in [1.807, 2.05) is 0 Å². The molecule has 0 aliphatic rings. The van der Waals surface area contributed by atoms with E-state index in [0.717, 1.165) is 0 Å². The summed E-state index contributed by atoms with van der Waals surface area (Å²) in [6, 6.07) is 0. The summed E-state index contributed by atoms with van der Waals surface area (Å²) in [6.45, 7) is 6.57. The molecule has 0 aromatic heterocycles. The molecule has 0 fully saturated rings. The van der Waals surface area contributed by atoms with Gasteiger partial charge in [-0.3, -0.25) is 9.59 Å². The topological polar surface area (TPSA) is 121 Å². The molecule has 0 heterocycles. The summed E-state index contributed by atoms with van der Waals surface area (Å²) in [5, 5.41) is -2.77. The highest BCUT2D eigenvalue weighted by atomic mass is 32.2. The average Bonchev–Trinajstić information content (AvgIpc) is 2.39. The summed E-state index contributed by atoms with van der Waals surface area (Å²) in [7, 11) is -9.76. The molecule has 10 heteroatoms. The molecule has 114 valence electrons. The van der Waals surface area contributed by atoms with Crippen LogP contribution in [0.5, 0.6) is 0 Å². The predicted molar refractivity (Wildman–Crippen MR) is 68.9 cm³/mol. The number of rotatable bonds is 9. The molecular formula is C10H14O8S2. The zero-order chi connectivity index (χ0) is 15.8. The number of carbonyl (C=O) groups excluding carboxylic acids is 2. The molecule has 0 saturated carbocycles. The third-order valence-electron chi connectivity index (χ3n) is 1.87. The van der Waals surface area contributed by atoms with Crippen molar-refractivity contribution in [1.29, 1.82) is 0 Å². The van der Waals surface area contributed by atoms with Gasteiger partial charge in [0.1, 0.15) is 0 Å². The molecular weight excluding hydrogens is 312 g/mol. The minimum Gasteiger partial charge on any atom is -0.279 e. The Hall–Kier alpha value is -1.36. The average molecular weight is 326 g/mol. The van der Waals surface area contributed by atoms with E-state index in [4.69, 9.17) is 0 Å². The van der Waals surface area contributed by atoms with Crippen molar-refractivity contribution in [3.05, 3.63) is 25.3 Å². The van der Waals surface area contributed by atoms with Crippen LogP contribution >= 0.6 is 0 Å². The molecule has 0 rings (SSSR count). The summed E-state index contributed by atoms with van der Waals surface area (Å²) in [6.07, 6.45) is 1.83. The first-order chi connectivity index (χ1) is 9.17. The fourth-order valence-corrected chi connectivity index (χ4v) is 2.31. The quantitative estimate of drug-likeness (QED) is 0.343. The minimum absolute atomic E-state index is 0.0619. The molecule has 8 nitrogen and oxygen atoms in total. The lowest BCUT2D eigenvalue weighted by atomic mass is 10.3. The van der Waals surface area contributed by atoms with Crippen LogP contribution in [0.1, 0.15) is 25.7 Å². The normalized spacial score (nSPS) is 11.8. The van der Waals surface area contributed by atoms with Gasteiger partial charge in [0.05, 0.1) is 0 Å². The maximum absolute atomic E-state index is 11.2. The molecule has 0 atom stereocenters. The second kappa shape index (κ2) is 8.04. The lowest BCUT2D eigenvalue weighted by Gasteiger charge is -2.03. The molecule has 0 aromatic rings. The zero-order valence-electron chi connectivity index (χ0n) is 10.5. The van der Waals surface area contributed by atoms with Crippen LogP contribution in [-0.4, -0.2) is 27.1 Å². The Morgan fingerprint density at radius 1 is 0.800 bits per heavy atom. The molecule has 0 unspecified atom stereocenters. The van der Waals surface area contributed by atoms with E-state index in [-0.39, 0.29) is 12.8 Å². The van der Waals surface area contributed by atoms with Gasteiger partial charge in [-0.15, -0.1) is 13.2 Å². The molecule has 20 heavy (non-hydrogen) atoms. The van der Waals surface area contributed by atoms with Crippen LogP contribution in [0.15, 0.2) is 25.3 Å². The summed E-state index contributed by atoms with van der Waals surface area (Å²) < 4.78 is 52.0. The van der Waals surface area contributed by atoms with Crippen molar-refractivity contribution in [1.82, 2.24) is 0 Å². The lowest BCUT2D eigenvalue weighted by Crippen LogP contribution is -2.23. The predicted octanol–water partition coefficient (Wildman–Crippen LogP) is 0.580. The fraction of sp³-hybridized carbons (Fsp3) is 0.400. The van der Waals surface area contributed by atoms with E-state index < -0.39 is 43.3 Å². The number of hydrogen-bond acceptors (Lipinski definition) is 8. The van der Waals surface area contributed by atoms with Crippen molar-refractivity contribution in [2.24, 2.45) is 0 Å². The molecule has 0 N–H and O–H groups in total. The Morgan fingerprint density at radius 2 is 1.10 bits per heavy atom. The molecule has 0 spiro atoms. The third kappa shape index (κ3) is 6.19. The zero-order valence-corrected chi connectivity index (χ0v) is 12.1. The summed E-state index contributed by atoms with van der Waals surface area (Å²) in [5.74, 6) is 0. The van der Waals surface area contributed by atoms with Crippen molar-refractivity contribution >= 4 is 30.5 Å². The second-order valence-electron chi connectivity index (χ2n) is 3.44. The van der Waals surface area contributed by atoms with Gasteiger partial charge in [0, 0.05) is 12.8 Å². The van der Waals surface area contributed by atoms with Crippen LogP contribution in [-0.2, 0) is 38.5 Å². The second-order valence-corrected chi connectivity index (χ2v) is 6.44. The van der Waals surface area contributed by atoms with E-state index in [0.29, 0.717) is 0 Å². The van der Waals surface area contributed by atoms with Gasteiger partial charge in [0.15, 0.2) is 0 Å². The monoisotopic (exact) mass is 326 g/mol. The molecule has 0 bridgehead atoms. The fourth-order valence-electron chi connectivity index (χ4n) is 0.839. The Bertz CT molecular complexity index is 531. The largest absolute Gasteiger partial charge is 0.358 e. The first-order valence-corrected chi connectivity index (χ1v) is 8.14. The van der Waals surface area contributed by atoms with E-state index in [9.17, 15) is 26.4 Å². The van der Waals surface area contributed by atoms with Crippen molar-refractivity contribution < 1.29 is 35.1 Å². The molecule has 0 aromatic carbocycles. The van der Waals surface area contributed by atoms with Gasteiger partial charge in [-0.25, -0.2) is 0 Å². The maximum Gasteiger partial charge on any atom is 0.358 e. The van der Waals surface area contributed by atoms with Crippen molar-refractivity contribution in [3.63, 3.8) is 0 Å². The highest BCUT2D eigenvalue weighted by Crippen LogP contribution is 2.09. The van der Waals surface area contributed by atoms with Gasteiger partial charge in [-0.1, -0.05) is 20.8 Å². The summed E-state index contributed by atoms with van der Waals surface area (Å²) >= 11 is 0. The number of hydrogen-bond donors (Lipinski definition) is 0. The van der Waals surface area contributed by atoms with Crippen molar-refractivity contribution in [2.45, 2.75) is 25.7 Å². The van der Waals surface area contributed by atoms with Gasteiger partial charge < -0.3 is 0 Å². The number of carbonyl (C=O) groups is 2. The molecule has 0 amide bonds. The van der Waals surface area contributed by atoms with Crippen LogP contribution in [0, 0.1) is 0 Å². The first-order valence-electron chi connectivity index (χ1n) is 5.32. The van der Waals surface area contributed by atoms with Gasteiger partial charge in [0.25, 0.3) is 10.2 Å². The lowest BCUT2D eigenvalue weighted by molar-refractivity contribution is -0.124. The van der Waals surface area contributed by atoms with Crippen LogP contribution in [0.2, 0.25) is 0 Å². The van der Waals surface area contributed by atoms with Gasteiger partial charge >= 0.3 is 20.2 Å². The van der Waals surface area contributed by atoms with Gasteiger partial charge in [-0.05, 0) is 12.8 Å². The van der Waals surface area contributed by atoms with E-state index in [1.165, 1.54) is 12.2 Å².